The van der Waals surface area contributed by atoms with Crippen molar-refractivity contribution in [1.82, 2.24) is 4.98 Å². The molecule has 0 unspecified atom stereocenters. The van der Waals surface area contributed by atoms with Crippen LogP contribution in [0.1, 0.15) is 11.1 Å². The number of aromatic nitrogens is 1. The molecule has 5 heteroatoms. The predicted molar refractivity (Wildman–Crippen MR) is 41.8 cm³/mol. The first-order chi connectivity index (χ1) is 5.74. The molecule has 0 aromatic carbocycles. The Hall–Kier alpha value is -1.61. The lowest BCUT2D eigenvalue weighted by Crippen LogP contribution is -1.92. The van der Waals surface area contributed by atoms with Crippen molar-refractivity contribution in [3.8, 4) is 0 Å². The molecule has 62 valence electrons. The molecule has 1 aromatic rings. The van der Waals surface area contributed by atoms with E-state index in [0.29, 0.717) is 5.56 Å². The number of aryl methyl sites for hydroxylation is 1. The Morgan fingerprint density at radius 3 is 3.17 bits per heavy atom. The van der Waals surface area contributed by atoms with Gasteiger partial charge in [0.1, 0.15) is 0 Å². The Bertz CT molecular complexity index is 330. The van der Waals surface area contributed by atoms with E-state index in [0.717, 1.165) is 5.56 Å². The Morgan fingerprint density at radius 2 is 2.50 bits per heavy atom. The van der Waals surface area contributed by atoms with Gasteiger partial charge in [-0.1, -0.05) is 5.11 Å². The van der Waals surface area contributed by atoms with Crippen molar-refractivity contribution < 1.29 is 4.39 Å². The summed E-state index contributed by atoms with van der Waals surface area (Å²) in [6.07, 6.45) is 1.43. The van der Waals surface area contributed by atoms with Crippen LogP contribution in [0.2, 0.25) is 0 Å². The number of halogens is 1. The van der Waals surface area contributed by atoms with Crippen molar-refractivity contribution in [3.63, 3.8) is 0 Å². The van der Waals surface area contributed by atoms with Crippen molar-refractivity contribution >= 4 is 0 Å². The predicted octanol–water partition coefficient (Wildman–Crippen LogP) is 2.34. The lowest BCUT2D eigenvalue weighted by molar-refractivity contribution is 0.566. The van der Waals surface area contributed by atoms with Crippen LogP contribution >= 0.6 is 0 Å². The van der Waals surface area contributed by atoms with Crippen LogP contribution < -0.4 is 0 Å². The topological polar surface area (TPSA) is 61.7 Å². The summed E-state index contributed by atoms with van der Waals surface area (Å²) >= 11 is 0. The van der Waals surface area contributed by atoms with Crippen molar-refractivity contribution in [2.75, 3.05) is 0 Å². The summed E-state index contributed by atoms with van der Waals surface area (Å²) in [5, 5.41) is 3.24. The van der Waals surface area contributed by atoms with Crippen molar-refractivity contribution in [3.05, 3.63) is 39.8 Å². The van der Waals surface area contributed by atoms with E-state index in [1.807, 2.05) is 0 Å². The molecule has 0 aliphatic heterocycles. The molecule has 0 bridgehead atoms. The SMILES string of the molecule is Cc1cnc(F)c(CN=[N+]=[N-])c1. The van der Waals surface area contributed by atoms with Gasteiger partial charge in [0.2, 0.25) is 5.95 Å². The van der Waals surface area contributed by atoms with Crippen LogP contribution in [0.5, 0.6) is 0 Å². The lowest BCUT2D eigenvalue weighted by atomic mass is 10.2. The summed E-state index contributed by atoms with van der Waals surface area (Å²) in [6.45, 7) is 1.81. The van der Waals surface area contributed by atoms with Gasteiger partial charge >= 0.3 is 0 Å². The first-order valence-corrected chi connectivity index (χ1v) is 3.36. The normalized spacial score (nSPS) is 9.17. The molecule has 0 amide bonds. The second-order valence-electron chi connectivity index (χ2n) is 2.35. The minimum Gasteiger partial charge on any atom is -0.228 e. The van der Waals surface area contributed by atoms with Gasteiger partial charge in [0.25, 0.3) is 0 Å². The standard InChI is InChI=1S/C7H7FN4/c1-5-2-6(4-11-12-9)7(8)10-3-5/h2-3H,4H2,1H3. The van der Waals surface area contributed by atoms with Crippen LogP contribution in [0.3, 0.4) is 0 Å². The van der Waals surface area contributed by atoms with Crippen molar-refractivity contribution in [2.45, 2.75) is 13.5 Å². The molecule has 0 saturated heterocycles. The molecule has 0 spiro atoms. The maximum atomic E-state index is 12.8. The largest absolute Gasteiger partial charge is 0.228 e. The second kappa shape index (κ2) is 3.69. The van der Waals surface area contributed by atoms with E-state index in [4.69, 9.17) is 5.53 Å². The van der Waals surface area contributed by atoms with E-state index in [-0.39, 0.29) is 6.54 Å². The zero-order chi connectivity index (χ0) is 8.97. The Balaban J connectivity index is 2.96. The Labute approximate surface area is 68.7 Å². The highest BCUT2D eigenvalue weighted by atomic mass is 19.1. The molecule has 0 aliphatic carbocycles. The van der Waals surface area contributed by atoms with E-state index in [9.17, 15) is 4.39 Å². The number of hydrogen-bond acceptors (Lipinski definition) is 2. The van der Waals surface area contributed by atoms with E-state index < -0.39 is 5.95 Å². The van der Waals surface area contributed by atoms with Crippen LogP contribution in [0.4, 0.5) is 4.39 Å². The summed E-state index contributed by atoms with van der Waals surface area (Å²) in [5.41, 5.74) is 9.18. The Morgan fingerprint density at radius 1 is 1.75 bits per heavy atom. The zero-order valence-corrected chi connectivity index (χ0v) is 6.53. The van der Waals surface area contributed by atoms with E-state index in [1.54, 1.807) is 13.0 Å². The van der Waals surface area contributed by atoms with Gasteiger partial charge < -0.3 is 0 Å². The van der Waals surface area contributed by atoms with Crippen LogP contribution in [0, 0.1) is 12.9 Å². The van der Waals surface area contributed by atoms with Gasteiger partial charge in [0, 0.05) is 16.7 Å². The van der Waals surface area contributed by atoms with Gasteiger partial charge in [0.05, 0.1) is 6.54 Å². The number of rotatable bonds is 2. The molecule has 1 aromatic heterocycles. The van der Waals surface area contributed by atoms with E-state index in [2.05, 4.69) is 15.0 Å². The van der Waals surface area contributed by atoms with Crippen LogP contribution in [-0.2, 0) is 6.54 Å². The van der Waals surface area contributed by atoms with Gasteiger partial charge in [-0.2, -0.15) is 4.39 Å². The number of pyridine rings is 1. The summed E-state index contributed by atoms with van der Waals surface area (Å²) in [5.74, 6) is -0.576. The van der Waals surface area contributed by atoms with E-state index >= 15 is 0 Å². The first-order valence-electron chi connectivity index (χ1n) is 3.36. The molecule has 0 saturated carbocycles. The summed E-state index contributed by atoms with van der Waals surface area (Å²) < 4.78 is 12.8. The third-order valence-corrected chi connectivity index (χ3v) is 1.35. The molecular weight excluding hydrogens is 159 g/mol. The highest BCUT2D eigenvalue weighted by molar-refractivity contribution is 5.17. The fraction of sp³-hybridized carbons (Fsp3) is 0.286. The van der Waals surface area contributed by atoms with Crippen LogP contribution in [0.25, 0.3) is 10.4 Å². The number of hydrogen-bond donors (Lipinski definition) is 0. The minimum absolute atomic E-state index is 0.0109. The third kappa shape index (κ3) is 1.93. The molecule has 12 heavy (non-hydrogen) atoms. The van der Waals surface area contributed by atoms with Gasteiger partial charge in [0.15, 0.2) is 0 Å². The van der Waals surface area contributed by atoms with Crippen molar-refractivity contribution in [1.29, 1.82) is 0 Å². The molecule has 1 heterocycles. The molecular formula is C7H7FN4. The molecule has 0 fully saturated rings. The summed E-state index contributed by atoms with van der Waals surface area (Å²) in [7, 11) is 0. The van der Waals surface area contributed by atoms with Gasteiger partial charge in [-0.25, -0.2) is 4.98 Å². The fourth-order valence-corrected chi connectivity index (χ4v) is 0.832. The molecule has 0 radical (unpaired) electrons. The van der Waals surface area contributed by atoms with E-state index in [1.165, 1.54) is 6.20 Å². The Kier molecular flexibility index (Phi) is 2.61. The van der Waals surface area contributed by atoms with Crippen molar-refractivity contribution in [2.24, 2.45) is 5.11 Å². The maximum absolute atomic E-state index is 12.8. The van der Waals surface area contributed by atoms with Gasteiger partial charge in [-0.05, 0) is 24.1 Å². The van der Waals surface area contributed by atoms with Gasteiger partial charge in [-0.3, -0.25) is 0 Å². The summed E-state index contributed by atoms with van der Waals surface area (Å²) in [6, 6.07) is 1.61. The minimum atomic E-state index is -0.576. The highest BCUT2D eigenvalue weighted by Crippen LogP contribution is 2.07. The van der Waals surface area contributed by atoms with Gasteiger partial charge in [-0.15, -0.1) is 0 Å². The zero-order valence-electron chi connectivity index (χ0n) is 6.53. The first kappa shape index (κ1) is 8.49. The molecule has 0 atom stereocenters. The molecule has 0 N–H and O–H groups in total. The lowest BCUT2D eigenvalue weighted by Gasteiger charge is -1.98. The average molecular weight is 166 g/mol. The number of azide groups is 1. The van der Waals surface area contributed by atoms with Crippen LogP contribution in [0.15, 0.2) is 17.4 Å². The highest BCUT2D eigenvalue weighted by Gasteiger charge is 2.00. The van der Waals surface area contributed by atoms with Crippen LogP contribution in [-0.4, -0.2) is 4.98 Å². The smallest absolute Gasteiger partial charge is 0.216 e. The quantitative estimate of drug-likeness (QED) is 0.288. The number of nitrogens with zero attached hydrogens (tertiary/aromatic N) is 4. The molecule has 1 rings (SSSR count). The molecule has 0 aliphatic rings. The second-order valence-corrected chi connectivity index (χ2v) is 2.35. The fourth-order valence-electron chi connectivity index (χ4n) is 0.832. The third-order valence-electron chi connectivity index (χ3n) is 1.35. The monoisotopic (exact) mass is 166 g/mol. The molecule has 4 nitrogen and oxygen atoms in total. The average Bonchev–Trinajstić information content (AvgIpc) is 2.07. The maximum Gasteiger partial charge on any atom is 0.216 e. The summed E-state index contributed by atoms with van der Waals surface area (Å²) in [4.78, 5) is 6.01.